The average molecular weight is 220 g/mol. The lowest BCUT2D eigenvalue weighted by atomic mass is 10.1. The Kier molecular flexibility index (Phi) is 2.88. The highest BCUT2D eigenvalue weighted by molar-refractivity contribution is 5.92. The number of carboxylic acid groups (broad SMARTS) is 1. The summed E-state index contributed by atoms with van der Waals surface area (Å²) in [6.07, 6.45) is -4.71. The Morgan fingerprint density at radius 2 is 2.00 bits per heavy atom. The first kappa shape index (κ1) is 11.4. The first-order valence-electron chi connectivity index (χ1n) is 3.85. The normalized spacial score (nSPS) is 11.2. The molecule has 0 fully saturated rings. The molecule has 0 spiro atoms. The topological polar surface area (TPSA) is 46.5 Å². The van der Waals surface area contributed by atoms with Crippen molar-refractivity contribution in [3.05, 3.63) is 29.3 Å². The lowest BCUT2D eigenvalue weighted by molar-refractivity contribution is -0.138. The molecule has 3 nitrogen and oxygen atoms in total. The van der Waals surface area contributed by atoms with Gasteiger partial charge in [0, 0.05) is 0 Å². The molecule has 0 saturated heterocycles. The maximum atomic E-state index is 12.4. The van der Waals surface area contributed by atoms with Crippen molar-refractivity contribution < 1.29 is 27.8 Å². The number of carboxylic acids is 1. The molecule has 1 rings (SSSR count). The number of alkyl halides is 3. The Morgan fingerprint density at radius 1 is 1.40 bits per heavy atom. The van der Waals surface area contributed by atoms with Crippen molar-refractivity contribution in [1.82, 2.24) is 0 Å². The first-order valence-corrected chi connectivity index (χ1v) is 3.85. The number of aromatic carboxylic acids is 1. The minimum atomic E-state index is -4.71. The maximum absolute atomic E-state index is 12.4. The highest BCUT2D eigenvalue weighted by atomic mass is 19.4. The van der Waals surface area contributed by atoms with Crippen molar-refractivity contribution in [1.29, 1.82) is 0 Å². The van der Waals surface area contributed by atoms with Crippen molar-refractivity contribution in [2.75, 3.05) is 7.11 Å². The molecule has 0 bridgehead atoms. The van der Waals surface area contributed by atoms with Crippen LogP contribution >= 0.6 is 0 Å². The van der Waals surface area contributed by atoms with Crippen molar-refractivity contribution >= 4 is 5.97 Å². The molecule has 0 unspecified atom stereocenters. The number of hydrogen-bond donors (Lipinski definition) is 1. The Balaban J connectivity index is 3.46. The van der Waals surface area contributed by atoms with Crippen molar-refractivity contribution in [3.8, 4) is 5.75 Å². The van der Waals surface area contributed by atoms with Crippen LogP contribution in [0.15, 0.2) is 18.2 Å². The molecule has 0 aliphatic heterocycles. The minimum absolute atomic E-state index is 0.308. The zero-order valence-corrected chi connectivity index (χ0v) is 7.63. The maximum Gasteiger partial charge on any atom is 0.417 e. The second-order valence-electron chi connectivity index (χ2n) is 2.69. The van der Waals surface area contributed by atoms with Crippen LogP contribution in [0.4, 0.5) is 13.2 Å². The molecule has 1 aromatic carbocycles. The summed E-state index contributed by atoms with van der Waals surface area (Å²) in [4.78, 5) is 10.7. The van der Waals surface area contributed by atoms with E-state index < -0.39 is 23.3 Å². The molecule has 1 N–H and O–H groups in total. The second-order valence-corrected chi connectivity index (χ2v) is 2.69. The SMILES string of the molecule is COc1cccc(C(F)(F)F)c1C(=O)O. The van der Waals surface area contributed by atoms with Crippen LogP contribution in [-0.2, 0) is 6.18 Å². The first-order chi connectivity index (χ1) is 6.88. The number of carbonyl (C=O) groups is 1. The van der Waals surface area contributed by atoms with E-state index in [1.54, 1.807) is 0 Å². The number of ether oxygens (including phenoxy) is 1. The van der Waals surface area contributed by atoms with E-state index in [2.05, 4.69) is 4.74 Å². The summed E-state index contributed by atoms with van der Waals surface area (Å²) in [5.41, 5.74) is -2.08. The molecule has 0 heterocycles. The molecule has 0 amide bonds. The summed E-state index contributed by atoms with van der Waals surface area (Å²) in [6, 6.07) is 2.96. The van der Waals surface area contributed by atoms with E-state index in [9.17, 15) is 18.0 Å². The summed E-state index contributed by atoms with van der Waals surface area (Å²) in [6.45, 7) is 0. The third-order valence-electron chi connectivity index (χ3n) is 1.77. The highest BCUT2D eigenvalue weighted by Gasteiger charge is 2.36. The van der Waals surface area contributed by atoms with Crippen molar-refractivity contribution in [2.45, 2.75) is 6.18 Å². The van der Waals surface area contributed by atoms with E-state index in [0.29, 0.717) is 6.07 Å². The van der Waals surface area contributed by atoms with E-state index in [1.807, 2.05) is 0 Å². The van der Waals surface area contributed by atoms with Gasteiger partial charge in [0.1, 0.15) is 11.3 Å². The largest absolute Gasteiger partial charge is 0.496 e. The Hall–Kier alpha value is -1.72. The van der Waals surface area contributed by atoms with Crippen LogP contribution in [0.3, 0.4) is 0 Å². The molecule has 0 saturated carbocycles. The van der Waals surface area contributed by atoms with Gasteiger partial charge < -0.3 is 9.84 Å². The Bertz CT molecular complexity index is 385. The zero-order valence-electron chi connectivity index (χ0n) is 7.63. The fraction of sp³-hybridized carbons (Fsp3) is 0.222. The van der Waals surface area contributed by atoms with Gasteiger partial charge >= 0.3 is 12.1 Å². The number of methoxy groups -OCH3 is 1. The van der Waals surface area contributed by atoms with E-state index in [0.717, 1.165) is 13.2 Å². The fourth-order valence-electron chi connectivity index (χ4n) is 1.16. The van der Waals surface area contributed by atoms with Gasteiger partial charge in [-0.25, -0.2) is 4.79 Å². The van der Waals surface area contributed by atoms with Gasteiger partial charge in [0.25, 0.3) is 0 Å². The van der Waals surface area contributed by atoms with E-state index in [1.165, 1.54) is 6.07 Å². The second kappa shape index (κ2) is 3.80. The molecule has 0 aliphatic rings. The fourth-order valence-corrected chi connectivity index (χ4v) is 1.16. The molecule has 15 heavy (non-hydrogen) atoms. The van der Waals surface area contributed by atoms with E-state index in [-0.39, 0.29) is 5.75 Å². The number of hydrogen-bond acceptors (Lipinski definition) is 2. The molecule has 82 valence electrons. The smallest absolute Gasteiger partial charge is 0.417 e. The third kappa shape index (κ3) is 2.20. The third-order valence-corrected chi connectivity index (χ3v) is 1.77. The van der Waals surface area contributed by atoms with Gasteiger partial charge in [-0.1, -0.05) is 6.07 Å². The molecule has 0 aliphatic carbocycles. The molecule has 6 heteroatoms. The van der Waals surface area contributed by atoms with E-state index in [4.69, 9.17) is 5.11 Å². The summed E-state index contributed by atoms with van der Waals surface area (Å²) >= 11 is 0. The summed E-state index contributed by atoms with van der Waals surface area (Å²) < 4.78 is 41.8. The van der Waals surface area contributed by atoms with Crippen LogP contribution in [0, 0.1) is 0 Å². The summed E-state index contributed by atoms with van der Waals surface area (Å²) in [7, 11) is 1.11. The van der Waals surface area contributed by atoms with Crippen LogP contribution in [0.5, 0.6) is 5.75 Å². The van der Waals surface area contributed by atoms with Gasteiger partial charge in [-0.3, -0.25) is 0 Å². The lowest BCUT2D eigenvalue weighted by Gasteiger charge is -2.12. The van der Waals surface area contributed by atoms with Gasteiger partial charge in [0.2, 0.25) is 0 Å². The van der Waals surface area contributed by atoms with Crippen LogP contribution in [-0.4, -0.2) is 18.2 Å². The van der Waals surface area contributed by atoms with Crippen LogP contribution in [0.1, 0.15) is 15.9 Å². The van der Waals surface area contributed by atoms with Crippen LogP contribution in [0.25, 0.3) is 0 Å². The predicted octanol–water partition coefficient (Wildman–Crippen LogP) is 2.41. The van der Waals surface area contributed by atoms with Crippen molar-refractivity contribution in [2.24, 2.45) is 0 Å². The van der Waals surface area contributed by atoms with Crippen LogP contribution < -0.4 is 4.74 Å². The van der Waals surface area contributed by atoms with E-state index >= 15 is 0 Å². The van der Waals surface area contributed by atoms with Gasteiger partial charge in [-0.2, -0.15) is 13.2 Å². The van der Waals surface area contributed by atoms with Crippen LogP contribution in [0.2, 0.25) is 0 Å². The van der Waals surface area contributed by atoms with Gasteiger partial charge in [0.05, 0.1) is 12.7 Å². The molecule has 0 aromatic heterocycles. The standard InChI is InChI=1S/C9H7F3O3/c1-15-6-4-2-3-5(9(10,11)12)7(6)8(13)14/h2-4H,1H3,(H,13,14). The minimum Gasteiger partial charge on any atom is -0.496 e. The molecule has 0 radical (unpaired) electrons. The van der Waals surface area contributed by atoms with Gasteiger partial charge in [0.15, 0.2) is 0 Å². The molecule has 1 aromatic rings. The Labute approximate surface area is 83.1 Å². The summed E-state index contributed by atoms with van der Waals surface area (Å²) in [5, 5.41) is 8.66. The monoisotopic (exact) mass is 220 g/mol. The average Bonchev–Trinajstić information content (AvgIpc) is 2.15. The quantitative estimate of drug-likeness (QED) is 0.832. The van der Waals surface area contributed by atoms with Gasteiger partial charge in [-0.05, 0) is 12.1 Å². The molecular formula is C9H7F3O3. The molecule has 0 atom stereocenters. The number of benzene rings is 1. The zero-order chi connectivity index (χ0) is 11.6. The lowest BCUT2D eigenvalue weighted by Crippen LogP contribution is -2.13. The summed E-state index contributed by atoms with van der Waals surface area (Å²) in [5.74, 6) is -1.97. The predicted molar refractivity (Wildman–Crippen MR) is 45.0 cm³/mol. The highest BCUT2D eigenvalue weighted by Crippen LogP contribution is 2.35. The number of halogens is 3. The van der Waals surface area contributed by atoms with Gasteiger partial charge in [-0.15, -0.1) is 0 Å². The molecular weight excluding hydrogens is 213 g/mol. The number of rotatable bonds is 2. The van der Waals surface area contributed by atoms with Crippen molar-refractivity contribution in [3.63, 3.8) is 0 Å². The Morgan fingerprint density at radius 3 is 2.40 bits per heavy atom.